The molecule has 2 aliphatic rings. The number of nitrogens with one attached hydrogen (secondary N) is 1. The van der Waals surface area contributed by atoms with Crippen molar-refractivity contribution < 1.29 is 14.8 Å². The van der Waals surface area contributed by atoms with Crippen LogP contribution < -0.4 is 16.0 Å². The van der Waals surface area contributed by atoms with Gasteiger partial charge in [0.25, 0.3) is 5.69 Å². The molecule has 3 aromatic rings. The number of carbonyl (C=O) groups is 1. The molecule has 2 fully saturated rings. The zero-order chi connectivity index (χ0) is 26.8. The van der Waals surface area contributed by atoms with Crippen molar-refractivity contribution in [2.45, 2.75) is 37.8 Å². The SMILES string of the molecule is Nc1nc(Nc2ccc(N3CCC(N4CCCC(O)C4)CC3)cc2)sc1C(=O)c1ccc(Cl)c([N+](=O)[O-])c1. The number of anilines is 4. The molecule has 5 rings (SSSR count). The number of nitro groups is 1. The first kappa shape index (κ1) is 26.4. The summed E-state index contributed by atoms with van der Waals surface area (Å²) < 4.78 is 0. The first-order valence-electron chi connectivity index (χ1n) is 12.6. The number of β-amino-alcohol motifs (C(OH)–C–C–N with tert-alkyl or cyclic N) is 1. The number of nitrogens with zero attached hydrogens (tertiary/aromatic N) is 4. The summed E-state index contributed by atoms with van der Waals surface area (Å²) in [6.07, 6.45) is 3.95. The monoisotopic (exact) mass is 556 g/mol. The lowest BCUT2D eigenvalue weighted by Crippen LogP contribution is -2.49. The Hall–Kier alpha value is -3.25. The van der Waals surface area contributed by atoms with Crippen LogP contribution in [0.4, 0.5) is 28.0 Å². The van der Waals surface area contributed by atoms with Crippen molar-refractivity contribution in [3.05, 3.63) is 68.0 Å². The van der Waals surface area contributed by atoms with E-state index in [0.29, 0.717) is 11.2 Å². The van der Waals surface area contributed by atoms with Gasteiger partial charge in [0.2, 0.25) is 5.78 Å². The van der Waals surface area contributed by atoms with Crippen LogP contribution in [0.1, 0.15) is 40.9 Å². The van der Waals surface area contributed by atoms with Gasteiger partial charge in [-0.15, -0.1) is 0 Å². The number of aromatic nitrogens is 1. The highest BCUT2D eigenvalue weighted by Crippen LogP contribution is 2.33. The topological polar surface area (TPSA) is 138 Å². The number of ketones is 1. The van der Waals surface area contributed by atoms with Crippen LogP contribution in [0.3, 0.4) is 0 Å². The molecular formula is C26H29ClN6O4S. The van der Waals surface area contributed by atoms with Gasteiger partial charge >= 0.3 is 0 Å². The second kappa shape index (κ2) is 11.2. The summed E-state index contributed by atoms with van der Waals surface area (Å²) in [7, 11) is 0. The number of carbonyl (C=O) groups excluding carboxylic acids is 1. The number of piperidine rings is 2. The number of thiazole rings is 1. The van der Waals surface area contributed by atoms with Crippen molar-refractivity contribution in [2.75, 3.05) is 42.1 Å². The summed E-state index contributed by atoms with van der Waals surface area (Å²) in [5.74, 6) is -0.397. The minimum Gasteiger partial charge on any atom is -0.392 e. The second-order valence-corrected chi connectivity index (χ2v) is 11.1. The summed E-state index contributed by atoms with van der Waals surface area (Å²) in [5, 5.41) is 24.8. The summed E-state index contributed by atoms with van der Waals surface area (Å²) in [6, 6.07) is 12.5. The number of rotatable bonds is 7. The third kappa shape index (κ3) is 5.75. The van der Waals surface area contributed by atoms with Crippen molar-refractivity contribution in [3.63, 3.8) is 0 Å². The van der Waals surface area contributed by atoms with Crippen molar-refractivity contribution in [1.29, 1.82) is 0 Å². The standard InChI is InChI=1S/C26H29ClN6O4S/c27-21-8-3-16(14-22(21)33(36)37)23(35)24-25(28)30-26(38-24)29-17-4-6-18(7-5-17)31-12-9-19(10-13-31)32-11-1-2-20(34)15-32/h3-8,14,19-20,34H,1-2,9-13,15,28H2,(H,29,30). The highest BCUT2D eigenvalue weighted by atomic mass is 35.5. The van der Waals surface area contributed by atoms with Crippen molar-refractivity contribution >= 4 is 56.7 Å². The average molecular weight is 557 g/mol. The molecule has 38 heavy (non-hydrogen) atoms. The molecule has 12 heteroatoms. The van der Waals surface area contributed by atoms with Crippen molar-refractivity contribution in [1.82, 2.24) is 9.88 Å². The first-order chi connectivity index (χ1) is 18.3. The molecule has 10 nitrogen and oxygen atoms in total. The van der Waals surface area contributed by atoms with Gasteiger partial charge < -0.3 is 21.1 Å². The fourth-order valence-corrected chi connectivity index (χ4v) is 6.21. The third-order valence-electron chi connectivity index (χ3n) is 7.16. The Labute approximate surface area is 229 Å². The lowest BCUT2D eigenvalue weighted by Gasteiger charge is -2.42. The molecule has 1 atom stereocenters. The Morgan fingerprint density at radius 3 is 2.58 bits per heavy atom. The Kier molecular flexibility index (Phi) is 7.80. The summed E-state index contributed by atoms with van der Waals surface area (Å²) >= 11 is 6.95. The van der Waals surface area contributed by atoms with Crippen LogP contribution in [0.2, 0.25) is 5.02 Å². The lowest BCUT2D eigenvalue weighted by atomic mass is 9.98. The second-order valence-electron chi connectivity index (χ2n) is 9.67. The van der Waals surface area contributed by atoms with E-state index in [2.05, 4.69) is 32.2 Å². The van der Waals surface area contributed by atoms with Gasteiger partial charge in [0.15, 0.2) is 5.13 Å². The van der Waals surface area contributed by atoms with E-state index in [1.54, 1.807) is 0 Å². The molecule has 2 saturated heterocycles. The highest BCUT2D eigenvalue weighted by molar-refractivity contribution is 7.18. The van der Waals surface area contributed by atoms with Crippen LogP contribution >= 0.6 is 22.9 Å². The normalized spacial score (nSPS) is 18.9. The molecule has 2 aliphatic heterocycles. The van der Waals surface area contributed by atoms with E-state index in [1.165, 1.54) is 12.1 Å². The molecule has 0 aliphatic carbocycles. The molecule has 200 valence electrons. The summed E-state index contributed by atoms with van der Waals surface area (Å²) in [6.45, 7) is 3.82. The van der Waals surface area contributed by atoms with E-state index in [4.69, 9.17) is 17.3 Å². The van der Waals surface area contributed by atoms with Gasteiger partial charge in [0.05, 0.1) is 11.0 Å². The summed E-state index contributed by atoms with van der Waals surface area (Å²) in [4.78, 5) is 32.8. The van der Waals surface area contributed by atoms with Crippen LogP contribution in [0.15, 0.2) is 42.5 Å². The Morgan fingerprint density at radius 2 is 1.89 bits per heavy atom. The predicted octanol–water partition coefficient (Wildman–Crippen LogP) is 4.69. The first-order valence-corrected chi connectivity index (χ1v) is 13.8. The number of likely N-dealkylation sites (tertiary alicyclic amines) is 1. The van der Waals surface area contributed by atoms with Gasteiger partial charge in [-0.1, -0.05) is 22.9 Å². The van der Waals surface area contributed by atoms with Gasteiger partial charge in [-0.2, -0.15) is 0 Å². The molecule has 0 radical (unpaired) electrons. The minimum absolute atomic E-state index is 0.0409. The quantitative estimate of drug-likeness (QED) is 0.215. The Balaban J connectivity index is 1.20. The molecule has 1 unspecified atom stereocenters. The van der Waals surface area contributed by atoms with E-state index in [1.807, 2.05) is 12.1 Å². The highest BCUT2D eigenvalue weighted by Gasteiger charge is 2.28. The minimum atomic E-state index is -0.631. The van der Waals surface area contributed by atoms with Gasteiger partial charge in [0, 0.05) is 48.7 Å². The molecule has 0 spiro atoms. The zero-order valence-corrected chi connectivity index (χ0v) is 22.2. The van der Waals surface area contributed by atoms with E-state index in [-0.39, 0.29) is 33.1 Å². The van der Waals surface area contributed by atoms with Crippen molar-refractivity contribution in [2.24, 2.45) is 0 Å². The maximum atomic E-state index is 13.0. The third-order valence-corrected chi connectivity index (χ3v) is 8.46. The summed E-state index contributed by atoms with van der Waals surface area (Å²) in [5.41, 5.74) is 7.74. The number of hydrogen-bond acceptors (Lipinski definition) is 10. The molecule has 1 aromatic heterocycles. The van der Waals surface area contributed by atoms with E-state index < -0.39 is 10.7 Å². The maximum absolute atomic E-state index is 13.0. The van der Waals surface area contributed by atoms with E-state index in [0.717, 1.165) is 80.6 Å². The molecule has 0 saturated carbocycles. The van der Waals surface area contributed by atoms with Gasteiger partial charge in [-0.3, -0.25) is 19.8 Å². The number of benzene rings is 2. The fourth-order valence-electron chi connectivity index (χ4n) is 5.16. The number of halogens is 1. The van der Waals surface area contributed by atoms with Gasteiger partial charge in [-0.25, -0.2) is 4.98 Å². The molecule has 0 bridgehead atoms. The van der Waals surface area contributed by atoms with Crippen LogP contribution in [0.25, 0.3) is 0 Å². The maximum Gasteiger partial charge on any atom is 0.288 e. The molecule has 4 N–H and O–H groups in total. The Bertz CT molecular complexity index is 1330. The van der Waals surface area contributed by atoms with Crippen molar-refractivity contribution in [3.8, 4) is 0 Å². The van der Waals surface area contributed by atoms with Crippen LogP contribution in [-0.4, -0.2) is 64.0 Å². The van der Waals surface area contributed by atoms with Gasteiger partial charge in [0.1, 0.15) is 15.7 Å². The van der Waals surface area contributed by atoms with Crippen LogP contribution in [-0.2, 0) is 0 Å². The largest absolute Gasteiger partial charge is 0.392 e. The molecular weight excluding hydrogens is 528 g/mol. The smallest absolute Gasteiger partial charge is 0.288 e. The number of hydrogen-bond donors (Lipinski definition) is 3. The number of nitrogens with two attached hydrogens (primary N) is 1. The molecule has 2 aromatic carbocycles. The van der Waals surface area contributed by atoms with Gasteiger partial charge in [-0.05, 0) is 68.6 Å². The predicted molar refractivity (Wildman–Crippen MR) is 150 cm³/mol. The van der Waals surface area contributed by atoms with E-state index in [9.17, 15) is 20.0 Å². The van der Waals surface area contributed by atoms with Crippen LogP contribution in [0.5, 0.6) is 0 Å². The average Bonchev–Trinajstić information content (AvgIpc) is 3.28. The zero-order valence-electron chi connectivity index (χ0n) is 20.7. The molecule has 3 heterocycles. The number of aliphatic hydroxyl groups is 1. The lowest BCUT2D eigenvalue weighted by molar-refractivity contribution is -0.384. The Morgan fingerprint density at radius 1 is 1.16 bits per heavy atom. The molecule has 0 amide bonds. The van der Waals surface area contributed by atoms with E-state index >= 15 is 0 Å². The fraction of sp³-hybridized carbons (Fsp3) is 0.385. The number of nitro benzene ring substituents is 1. The number of aliphatic hydroxyl groups excluding tert-OH is 1. The van der Waals surface area contributed by atoms with Crippen LogP contribution in [0, 0.1) is 10.1 Å². The number of nitrogen functional groups attached to an aromatic ring is 1.